The predicted molar refractivity (Wildman–Crippen MR) is 104 cm³/mol. The first-order valence-corrected chi connectivity index (χ1v) is 9.25. The Labute approximate surface area is 170 Å². The third-order valence-electron chi connectivity index (χ3n) is 2.45. The normalized spacial score (nSPS) is 13.1. The van der Waals surface area contributed by atoms with Crippen LogP contribution in [0.3, 0.4) is 0 Å². The van der Waals surface area contributed by atoms with E-state index >= 15 is 0 Å². The molecule has 0 saturated heterocycles. The van der Waals surface area contributed by atoms with Crippen molar-refractivity contribution in [3.8, 4) is 0 Å². The number of carboxylic acids is 2. The first-order chi connectivity index (χ1) is 11.9. The topological polar surface area (TPSA) is 74.6 Å². The van der Waals surface area contributed by atoms with Gasteiger partial charge in [-0.05, 0) is 41.5 Å². The molecule has 0 aliphatic heterocycles. The molecule has 0 bridgehead atoms. The average molecular weight is 396 g/mol. The molecule has 0 fully saturated rings. The molecule has 0 aromatic heterocycles. The van der Waals surface area contributed by atoms with Crippen molar-refractivity contribution in [2.24, 2.45) is 10.8 Å². The second kappa shape index (κ2) is 16.9. The summed E-state index contributed by atoms with van der Waals surface area (Å²) in [7, 11) is 0. The van der Waals surface area contributed by atoms with Crippen LogP contribution in [0, 0.1) is 23.0 Å². The van der Waals surface area contributed by atoms with Gasteiger partial charge in [-0.3, -0.25) is 21.7 Å². The van der Waals surface area contributed by atoms with Gasteiger partial charge in [0.15, 0.2) is 0 Å². The average Bonchev–Trinajstić information content (AvgIpc) is 3.27. The second-order valence-corrected chi connectivity index (χ2v) is 7.12. The molecule has 0 radical (unpaired) electrons. The van der Waals surface area contributed by atoms with E-state index in [4.69, 9.17) is 10.2 Å². The fourth-order valence-electron chi connectivity index (χ4n) is 0.680. The molecule has 0 aromatic carbocycles. The Morgan fingerprint density at radius 3 is 1.08 bits per heavy atom. The molecule has 0 amide bonds. The minimum atomic E-state index is -0.757. The zero-order valence-corrected chi connectivity index (χ0v) is 18.4. The van der Waals surface area contributed by atoms with Crippen LogP contribution in [0.5, 0.6) is 0 Å². The van der Waals surface area contributed by atoms with E-state index in [0.717, 1.165) is 12.8 Å². The Hall–Kier alpha value is -1.52. The van der Waals surface area contributed by atoms with Gasteiger partial charge in [0.25, 0.3) is 0 Å². The van der Waals surface area contributed by atoms with Gasteiger partial charge in [-0.1, -0.05) is 0 Å². The summed E-state index contributed by atoms with van der Waals surface area (Å²) in [5.74, 6) is -1.51. The van der Waals surface area contributed by atoms with Crippen molar-refractivity contribution >= 4 is 16.8 Å². The van der Waals surface area contributed by atoms with Crippen molar-refractivity contribution in [2.45, 2.75) is 54.4 Å². The maximum atomic E-state index is 10.0. The summed E-state index contributed by atoms with van der Waals surface area (Å²) >= 11 is 1.75. The van der Waals surface area contributed by atoms with E-state index in [2.05, 4.69) is 29.1 Å². The van der Waals surface area contributed by atoms with Crippen molar-refractivity contribution < 1.29 is 39.8 Å². The fourth-order valence-corrected chi connectivity index (χ4v) is 0.680. The quantitative estimate of drug-likeness (QED) is 0.455. The Morgan fingerprint density at radius 2 is 1.04 bits per heavy atom. The molecule has 0 saturated carbocycles. The molecular weight excluding hydrogens is 364 g/mol. The molecular formula is C21H32O4Ti. The third-order valence-corrected chi connectivity index (χ3v) is 2.45. The standard InChI is InChI=1S/2C5H10O2.2C5H5.CH2.Ti/c2*1-5(2,3)4(6)7;2*1-2-4-5-3-1;;/h2*1-3H3,(H,6,7);2*1-3H,4H2;1H2;/q;;2*-1;;+2. The summed E-state index contributed by atoms with van der Waals surface area (Å²) in [5, 5.41) is 16.5. The first-order valence-electron chi connectivity index (χ1n) is 8.14. The summed E-state index contributed by atoms with van der Waals surface area (Å²) in [6.07, 6.45) is 20.0. The molecule has 0 unspecified atom stereocenters. The number of carboxylic acid groups (broad SMARTS) is 2. The monoisotopic (exact) mass is 396 g/mol. The molecule has 2 N–H and O–H groups in total. The molecule has 144 valence electrons. The molecule has 0 aromatic rings. The van der Waals surface area contributed by atoms with Crippen molar-refractivity contribution in [3.63, 3.8) is 0 Å². The van der Waals surface area contributed by atoms with E-state index < -0.39 is 22.8 Å². The van der Waals surface area contributed by atoms with E-state index in [1.165, 1.54) is 0 Å². The van der Waals surface area contributed by atoms with Crippen LogP contribution in [0.4, 0.5) is 0 Å². The van der Waals surface area contributed by atoms with Crippen molar-refractivity contribution in [1.82, 2.24) is 0 Å². The van der Waals surface area contributed by atoms with Crippen LogP contribution in [0.2, 0.25) is 0 Å². The molecule has 2 aliphatic rings. The Bertz CT molecular complexity index is 435. The van der Waals surface area contributed by atoms with Gasteiger partial charge in [0.05, 0.1) is 10.8 Å². The van der Waals surface area contributed by atoms with Gasteiger partial charge in [0.1, 0.15) is 0 Å². The van der Waals surface area contributed by atoms with Gasteiger partial charge in [0, 0.05) is 0 Å². The van der Waals surface area contributed by atoms with Gasteiger partial charge < -0.3 is 10.2 Å². The number of allylic oxidation sites excluding steroid dienone is 8. The summed E-state index contributed by atoms with van der Waals surface area (Å²) in [6.45, 7) is 9.97. The molecule has 2 rings (SSSR count). The van der Waals surface area contributed by atoms with Crippen molar-refractivity contribution in [1.29, 1.82) is 0 Å². The molecule has 5 heteroatoms. The summed E-state index contributed by atoms with van der Waals surface area (Å²) in [6, 6.07) is 0. The van der Waals surface area contributed by atoms with E-state index in [-0.39, 0.29) is 0 Å². The Kier molecular flexibility index (Phi) is 19.0. The second-order valence-electron chi connectivity index (χ2n) is 7.12. The van der Waals surface area contributed by atoms with Crippen LogP contribution in [0.25, 0.3) is 0 Å². The molecule has 0 spiro atoms. The minimum absolute atomic E-state index is 0.583. The van der Waals surface area contributed by atoms with Crippen LogP contribution in [-0.2, 0) is 29.6 Å². The Morgan fingerprint density at radius 1 is 0.808 bits per heavy atom. The molecule has 0 heterocycles. The molecule has 2 aliphatic carbocycles. The molecule has 26 heavy (non-hydrogen) atoms. The van der Waals surface area contributed by atoms with Crippen molar-refractivity contribution in [2.75, 3.05) is 0 Å². The summed E-state index contributed by atoms with van der Waals surface area (Å²) in [4.78, 5) is 23.3. The van der Waals surface area contributed by atoms with Crippen LogP contribution < -0.4 is 0 Å². The van der Waals surface area contributed by atoms with E-state index in [0.29, 0.717) is 0 Å². The predicted octanol–water partition coefficient (Wildman–Crippen LogP) is 4.81. The van der Waals surface area contributed by atoms with E-state index in [1.807, 2.05) is 24.3 Å². The SMILES string of the molecule is CC(C)(C)C(=O)O.CC(C)(C)C(=O)O.[C-]1=CC=CC1.[C-]1=CC=CC1.[CH2]=[Ti+2]. The summed E-state index contributed by atoms with van der Waals surface area (Å²) in [5.41, 5.74) is -1.17. The van der Waals surface area contributed by atoms with Crippen LogP contribution in [0.1, 0.15) is 54.4 Å². The van der Waals surface area contributed by atoms with Gasteiger partial charge in [0.2, 0.25) is 0 Å². The first kappa shape index (κ1) is 29.3. The van der Waals surface area contributed by atoms with Gasteiger partial charge in [-0.15, -0.1) is 12.8 Å². The van der Waals surface area contributed by atoms with E-state index in [1.54, 1.807) is 61.5 Å². The summed E-state index contributed by atoms with van der Waals surface area (Å²) < 4.78 is 0. The zero-order chi connectivity index (χ0) is 21.2. The van der Waals surface area contributed by atoms with Gasteiger partial charge >= 0.3 is 36.7 Å². The number of hydrogen-bond donors (Lipinski definition) is 2. The van der Waals surface area contributed by atoms with Crippen LogP contribution >= 0.6 is 0 Å². The van der Waals surface area contributed by atoms with Gasteiger partial charge in [-0.25, -0.2) is 24.3 Å². The zero-order valence-electron chi connectivity index (χ0n) is 16.8. The fraction of sp³-hybridized carbons (Fsp3) is 0.476. The number of hydrogen-bond acceptors (Lipinski definition) is 2. The van der Waals surface area contributed by atoms with Crippen molar-refractivity contribution in [3.05, 3.63) is 48.6 Å². The van der Waals surface area contributed by atoms with Gasteiger partial charge in [-0.2, -0.15) is 12.2 Å². The van der Waals surface area contributed by atoms with Crippen LogP contribution in [0.15, 0.2) is 36.5 Å². The number of rotatable bonds is 0. The molecule has 4 nitrogen and oxygen atoms in total. The van der Waals surface area contributed by atoms with Crippen LogP contribution in [-0.4, -0.2) is 27.0 Å². The maximum absolute atomic E-state index is 10.0. The Balaban J connectivity index is -0.000000264. The third kappa shape index (κ3) is 24.7. The number of aliphatic carboxylic acids is 2. The molecule has 0 atom stereocenters. The van der Waals surface area contributed by atoms with E-state index in [9.17, 15) is 9.59 Å². The number of carbonyl (C=O) groups is 2.